The van der Waals surface area contributed by atoms with Crippen LogP contribution in [0.4, 0.5) is 0 Å². The van der Waals surface area contributed by atoms with Crippen LogP contribution in [0.25, 0.3) is 0 Å². The Morgan fingerprint density at radius 2 is 1.33 bits per heavy atom. The van der Waals surface area contributed by atoms with Crippen LogP contribution in [0, 0.1) is 0 Å². The molecule has 0 saturated carbocycles. The number of carbonyl (C=O) groups excluding carboxylic acids is 1. The van der Waals surface area contributed by atoms with Crippen LogP contribution >= 0.6 is 8.46 Å². The van der Waals surface area contributed by atoms with E-state index in [-0.39, 0.29) is 14.2 Å². The molecule has 0 heterocycles. The maximum atomic E-state index is 10.2. The highest BCUT2D eigenvalue weighted by molar-refractivity contribution is 7.34. The predicted octanol–water partition coefficient (Wildman–Crippen LogP) is 2.52. The highest BCUT2D eigenvalue weighted by atomic mass is 31.1. The Kier molecular flexibility index (Phi) is 8.78. The summed E-state index contributed by atoms with van der Waals surface area (Å²) in [4.78, 5) is 8.00. The maximum absolute atomic E-state index is 10.2. The van der Waals surface area contributed by atoms with Crippen LogP contribution in [-0.4, -0.2) is 17.0 Å². The van der Waals surface area contributed by atoms with Gasteiger partial charge in [-0.3, -0.25) is 4.57 Å². The van der Waals surface area contributed by atoms with E-state index in [0.29, 0.717) is 11.1 Å². The van der Waals surface area contributed by atoms with E-state index in [9.17, 15) is 4.57 Å². The number of benzene rings is 2. The smallest absolute Gasteiger partial charge is 0.196 e. The van der Waals surface area contributed by atoms with Gasteiger partial charge < -0.3 is 15.0 Å². The minimum atomic E-state index is -0.138. The molecule has 0 aliphatic carbocycles. The van der Waals surface area contributed by atoms with Crippen molar-refractivity contribution in [1.82, 2.24) is 0 Å². The van der Waals surface area contributed by atoms with E-state index in [1.807, 2.05) is 12.9 Å². The van der Waals surface area contributed by atoms with Crippen molar-refractivity contribution in [2.24, 2.45) is 0 Å². The summed E-state index contributed by atoms with van der Waals surface area (Å²) in [5.41, 5.74) is 0. The lowest BCUT2D eigenvalue weighted by Crippen LogP contribution is -1.88. The molecule has 2 rings (SSSR count). The molecular weight excluding hydrogens is 251 g/mol. The number of hydrogen-bond acceptors (Lipinski definition) is 4. The van der Waals surface area contributed by atoms with Gasteiger partial charge >= 0.3 is 0 Å². The van der Waals surface area contributed by atoms with Crippen LogP contribution in [0.2, 0.25) is 0 Å². The van der Waals surface area contributed by atoms with Crippen LogP contribution in [0.1, 0.15) is 0 Å². The molecule has 0 atom stereocenters. The molecule has 2 aromatic carbocycles. The first-order valence-electron chi connectivity index (χ1n) is 4.88. The average molecular weight is 264 g/mol. The Hall–Kier alpha value is -2.19. The summed E-state index contributed by atoms with van der Waals surface area (Å²) in [6.07, 6.45) is 0. The van der Waals surface area contributed by atoms with Gasteiger partial charge in [0.05, 0.1) is 5.30 Å². The van der Waals surface area contributed by atoms with Gasteiger partial charge in [0.25, 0.3) is 0 Å². The second-order valence-corrected chi connectivity index (χ2v) is 3.58. The van der Waals surface area contributed by atoms with E-state index in [4.69, 9.17) is 15.0 Å². The summed E-state index contributed by atoms with van der Waals surface area (Å²) in [5, 5.41) is 18.0. The number of phenols is 2. The van der Waals surface area contributed by atoms with Crippen molar-refractivity contribution in [2.45, 2.75) is 0 Å². The molecule has 0 fully saturated rings. The summed E-state index contributed by atoms with van der Waals surface area (Å²) in [7, 11) is -0.138. The van der Waals surface area contributed by atoms with Gasteiger partial charge in [0, 0.05) is 0 Å². The molecule has 2 N–H and O–H groups in total. The second-order valence-electron chi connectivity index (χ2n) is 2.92. The predicted molar refractivity (Wildman–Crippen MR) is 70.6 cm³/mol. The lowest BCUT2D eigenvalue weighted by atomic mass is 10.3. The molecule has 18 heavy (non-hydrogen) atoms. The first-order valence-corrected chi connectivity index (χ1v) is 5.69. The SMILES string of the molecule is C=O.O=Pc1ccccc1O.Oc1ccccc1. The molecule has 0 bridgehead atoms. The fraction of sp³-hybridized carbons (Fsp3) is 0. The van der Waals surface area contributed by atoms with Crippen molar-refractivity contribution in [1.29, 1.82) is 0 Å². The monoisotopic (exact) mass is 264 g/mol. The molecule has 0 aliphatic rings. The minimum absolute atomic E-state index is 0.0779. The minimum Gasteiger partial charge on any atom is -0.508 e. The first-order chi connectivity index (χ1) is 8.74. The summed E-state index contributed by atoms with van der Waals surface area (Å²) >= 11 is 0. The molecule has 0 saturated heterocycles. The Balaban J connectivity index is 0.000000289. The van der Waals surface area contributed by atoms with E-state index in [2.05, 4.69) is 0 Å². The van der Waals surface area contributed by atoms with Gasteiger partial charge in [-0.1, -0.05) is 30.3 Å². The van der Waals surface area contributed by atoms with Gasteiger partial charge in [0.15, 0.2) is 8.46 Å². The van der Waals surface area contributed by atoms with Crippen LogP contribution < -0.4 is 5.30 Å². The fourth-order valence-corrected chi connectivity index (χ4v) is 1.28. The molecule has 0 radical (unpaired) electrons. The van der Waals surface area contributed by atoms with Crippen molar-refractivity contribution < 1.29 is 19.6 Å². The number of carbonyl (C=O) groups is 1. The standard InChI is InChI=1S/C6H5O2P.C6H6O.CH2O/c7-5-3-1-2-4-6(5)9-8;7-6-4-2-1-3-5-6;1-2/h1-4,7H;1-5,7H;1H2. The third-order valence-corrected chi connectivity index (χ3v) is 2.31. The highest BCUT2D eigenvalue weighted by Gasteiger charge is 1.94. The summed E-state index contributed by atoms with van der Waals surface area (Å²) in [6, 6.07) is 15.2. The van der Waals surface area contributed by atoms with E-state index in [1.54, 1.807) is 42.5 Å². The van der Waals surface area contributed by atoms with E-state index < -0.39 is 0 Å². The zero-order valence-electron chi connectivity index (χ0n) is 9.56. The largest absolute Gasteiger partial charge is 0.508 e. The molecule has 0 spiro atoms. The fourth-order valence-electron chi connectivity index (χ4n) is 0.969. The Bertz CT molecular complexity index is 460. The van der Waals surface area contributed by atoms with E-state index in [0.717, 1.165) is 0 Å². The van der Waals surface area contributed by atoms with Gasteiger partial charge in [-0.25, -0.2) is 0 Å². The van der Waals surface area contributed by atoms with Crippen molar-refractivity contribution in [3.05, 3.63) is 54.6 Å². The summed E-state index contributed by atoms with van der Waals surface area (Å²) < 4.78 is 10.2. The third-order valence-electron chi connectivity index (χ3n) is 1.74. The molecular formula is C13H13O4P. The van der Waals surface area contributed by atoms with E-state index >= 15 is 0 Å². The van der Waals surface area contributed by atoms with Gasteiger partial charge in [-0.05, 0) is 24.3 Å². The Morgan fingerprint density at radius 3 is 1.67 bits per heavy atom. The van der Waals surface area contributed by atoms with Gasteiger partial charge in [-0.2, -0.15) is 0 Å². The van der Waals surface area contributed by atoms with Crippen LogP contribution in [0.15, 0.2) is 54.6 Å². The van der Waals surface area contributed by atoms with Crippen molar-refractivity contribution in [3.63, 3.8) is 0 Å². The van der Waals surface area contributed by atoms with Gasteiger partial charge in [0.2, 0.25) is 0 Å². The molecule has 94 valence electrons. The Labute approximate surface area is 107 Å². The van der Waals surface area contributed by atoms with E-state index in [1.165, 1.54) is 6.07 Å². The highest BCUT2D eigenvalue weighted by Crippen LogP contribution is 2.08. The number of hydrogen-bond donors (Lipinski definition) is 2. The average Bonchev–Trinajstić information content (AvgIpc) is 2.43. The molecule has 2 aromatic rings. The quantitative estimate of drug-likeness (QED) is 0.776. The van der Waals surface area contributed by atoms with Crippen LogP contribution in [0.5, 0.6) is 11.5 Å². The molecule has 0 aromatic heterocycles. The van der Waals surface area contributed by atoms with Gasteiger partial charge in [0.1, 0.15) is 18.3 Å². The molecule has 5 heteroatoms. The second kappa shape index (κ2) is 10.00. The zero-order chi connectivity index (χ0) is 13.8. The van der Waals surface area contributed by atoms with Crippen LogP contribution in [0.3, 0.4) is 0 Å². The maximum Gasteiger partial charge on any atom is 0.196 e. The number of phenolic OH excluding ortho intramolecular Hbond substituents is 2. The van der Waals surface area contributed by atoms with Crippen molar-refractivity contribution >= 4 is 20.6 Å². The summed E-state index contributed by atoms with van der Waals surface area (Å²) in [5.74, 6) is 0.400. The normalized spacial score (nSPS) is 8.44. The van der Waals surface area contributed by atoms with Crippen molar-refractivity contribution in [3.8, 4) is 11.5 Å². The number of rotatable bonds is 1. The zero-order valence-corrected chi connectivity index (χ0v) is 10.5. The number of aromatic hydroxyl groups is 2. The lowest BCUT2D eigenvalue weighted by Gasteiger charge is -1.90. The third kappa shape index (κ3) is 6.40. The van der Waals surface area contributed by atoms with Crippen molar-refractivity contribution in [2.75, 3.05) is 0 Å². The molecule has 4 nitrogen and oxygen atoms in total. The molecule has 0 unspecified atom stereocenters. The lowest BCUT2D eigenvalue weighted by molar-refractivity contribution is -0.0979. The first kappa shape index (κ1) is 15.8. The summed E-state index contributed by atoms with van der Waals surface area (Å²) in [6.45, 7) is 2.00. The van der Waals surface area contributed by atoms with Crippen LogP contribution in [-0.2, 0) is 9.36 Å². The van der Waals surface area contributed by atoms with Gasteiger partial charge in [-0.15, -0.1) is 0 Å². The molecule has 0 amide bonds. The molecule has 0 aliphatic heterocycles. The topological polar surface area (TPSA) is 74.6 Å². The number of para-hydroxylation sites is 2. The Morgan fingerprint density at radius 1 is 0.833 bits per heavy atom.